The third-order valence-electron chi connectivity index (χ3n) is 4.63. The molecule has 0 radical (unpaired) electrons. The second-order valence-corrected chi connectivity index (χ2v) is 6.82. The topological polar surface area (TPSA) is 64.0 Å². The molecule has 4 rings (SSSR count). The zero-order valence-corrected chi connectivity index (χ0v) is 14.7. The maximum atomic E-state index is 12.0. The summed E-state index contributed by atoms with van der Waals surface area (Å²) >= 11 is 0. The largest absolute Gasteiger partial charge is 0.326 e. The van der Waals surface area contributed by atoms with E-state index >= 15 is 0 Å². The summed E-state index contributed by atoms with van der Waals surface area (Å²) in [5.74, 6) is 0.0277. The van der Waals surface area contributed by atoms with Gasteiger partial charge in [0.05, 0.1) is 6.42 Å². The Bertz CT molecular complexity index is 1070. The number of amides is 1. The summed E-state index contributed by atoms with van der Waals surface area (Å²) in [4.78, 5) is 27.9. The third-order valence-corrected chi connectivity index (χ3v) is 4.63. The van der Waals surface area contributed by atoms with Gasteiger partial charge in [0.1, 0.15) is 0 Å². The van der Waals surface area contributed by atoms with Crippen LogP contribution in [-0.4, -0.2) is 15.5 Å². The molecule has 0 fully saturated rings. The summed E-state index contributed by atoms with van der Waals surface area (Å²) in [6, 6.07) is 11.5. The summed E-state index contributed by atoms with van der Waals surface area (Å²) in [6.45, 7) is 3.97. The molecule has 0 atom stereocenters. The first-order chi connectivity index (χ1) is 12.5. The van der Waals surface area contributed by atoms with E-state index in [-0.39, 0.29) is 17.5 Å². The maximum absolute atomic E-state index is 12.0. The van der Waals surface area contributed by atoms with E-state index in [2.05, 4.69) is 16.4 Å². The fourth-order valence-electron chi connectivity index (χ4n) is 3.24. The van der Waals surface area contributed by atoms with E-state index in [1.165, 1.54) is 0 Å². The number of carbonyl (C=O) groups is 1. The summed E-state index contributed by atoms with van der Waals surface area (Å²) in [6.07, 6.45) is 5.90. The molecule has 130 valence electrons. The minimum Gasteiger partial charge on any atom is -0.326 e. The Kier molecular flexibility index (Phi) is 3.92. The van der Waals surface area contributed by atoms with Crippen LogP contribution in [0.1, 0.15) is 25.5 Å². The number of hydrogen-bond acceptors (Lipinski definition) is 3. The van der Waals surface area contributed by atoms with Crippen molar-refractivity contribution in [3.63, 3.8) is 0 Å². The summed E-state index contributed by atoms with van der Waals surface area (Å²) in [5.41, 5.74) is 5.78. The standard InChI is InChI=1S/C21H19N3O2/c1-13(2)24-12-15(4-6-21(24)26)18-8-17(10-22-11-18)14-3-5-19-16(7-14)9-20(25)23-19/h3-8,10-13H,9H2,1-2H3,(H,23,25). The molecule has 0 aliphatic carbocycles. The van der Waals surface area contributed by atoms with Gasteiger partial charge in [-0.15, -0.1) is 0 Å². The number of fused-ring (bicyclic) bond motifs is 1. The molecule has 0 saturated carbocycles. The van der Waals surface area contributed by atoms with Crippen molar-refractivity contribution in [2.75, 3.05) is 5.32 Å². The second kappa shape index (κ2) is 6.26. The van der Waals surface area contributed by atoms with Crippen molar-refractivity contribution in [2.24, 2.45) is 0 Å². The van der Waals surface area contributed by atoms with Gasteiger partial charge < -0.3 is 9.88 Å². The van der Waals surface area contributed by atoms with Crippen molar-refractivity contribution in [3.05, 3.63) is 70.9 Å². The maximum Gasteiger partial charge on any atom is 0.250 e. The van der Waals surface area contributed by atoms with Crippen molar-refractivity contribution in [1.29, 1.82) is 0 Å². The lowest BCUT2D eigenvalue weighted by Crippen LogP contribution is -2.20. The minimum absolute atomic E-state index is 0.0105. The number of benzene rings is 1. The molecule has 3 aromatic rings. The van der Waals surface area contributed by atoms with Gasteiger partial charge in [-0.05, 0) is 54.8 Å². The van der Waals surface area contributed by atoms with E-state index in [0.29, 0.717) is 6.42 Å². The Balaban J connectivity index is 1.74. The Morgan fingerprint density at radius 1 is 0.962 bits per heavy atom. The highest BCUT2D eigenvalue weighted by Crippen LogP contribution is 2.30. The smallest absolute Gasteiger partial charge is 0.250 e. The molecule has 1 N–H and O–H groups in total. The third kappa shape index (κ3) is 2.92. The van der Waals surface area contributed by atoms with Gasteiger partial charge in [-0.1, -0.05) is 6.07 Å². The van der Waals surface area contributed by atoms with E-state index in [0.717, 1.165) is 33.5 Å². The van der Waals surface area contributed by atoms with Crippen LogP contribution in [0.25, 0.3) is 22.3 Å². The highest BCUT2D eigenvalue weighted by Gasteiger charge is 2.18. The number of rotatable bonds is 3. The van der Waals surface area contributed by atoms with Crippen LogP contribution < -0.4 is 10.9 Å². The van der Waals surface area contributed by atoms with Crippen LogP contribution in [-0.2, 0) is 11.2 Å². The van der Waals surface area contributed by atoms with Gasteiger partial charge in [0.15, 0.2) is 0 Å². The molecule has 0 saturated heterocycles. The summed E-state index contributed by atoms with van der Waals surface area (Å²) in [5, 5.41) is 2.85. The first kappa shape index (κ1) is 16.3. The second-order valence-electron chi connectivity index (χ2n) is 6.82. The predicted octanol–water partition coefficient (Wildman–Crippen LogP) is 3.65. The number of pyridine rings is 2. The highest BCUT2D eigenvalue weighted by molar-refractivity contribution is 5.99. The number of nitrogens with one attached hydrogen (secondary N) is 1. The lowest BCUT2D eigenvalue weighted by molar-refractivity contribution is -0.115. The number of nitrogens with zero attached hydrogens (tertiary/aromatic N) is 2. The van der Waals surface area contributed by atoms with Gasteiger partial charge in [0, 0.05) is 47.5 Å². The lowest BCUT2D eigenvalue weighted by atomic mass is 10.0. The molecular formula is C21H19N3O2. The Hall–Kier alpha value is -3.21. The van der Waals surface area contributed by atoms with Crippen LogP contribution in [0.3, 0.4) is 0 Å². The van der Waals surface area contributed by atoms with Crippen molar-refractivity contribution in [2.45, 2.75) is 26.3 Å². The fraction of sp³-hybridized carbons (Fsp3) is 0.190. The fourth-order valence-corrected chi connectivity index (χ4v) is 3.24. The van der Waals surface area contributed by atoms with Crippen LogP contribution in [0.15, 0.2) is 59.8 Å². The van der Waals surface area contributed by atoms with Crippen molar-refractivity contribution < 1.29 is 4.79 Å². The van der Waals surface area contributed by atoms with Gasteiger partial charge >= 0.3 is 0 Å². The number of anilines is 1. The molecule has 1 aliphatic heterocycles. The average Bonchev–Trinajstić information content (AvgIpc) is 3.01. The van der Waals surface area contributed by atoms with E-state index in [4.69, 9.17) is 0 Å². The van der Waals surface area contributed by atoms with Crippen LogP contribution >= 0.6 is 0 Å². The van der Waals surface area contributed by atoms with Gasteiger partial charge in [-0.2, -0.15) is 0 Å². The van der Waals surface area contributed by atoms with Crippen molar-refractivity contribution in [3.8, 4) is 22.3 Å². The van der Waals surface area contributed by atoms with Gasteiger partial charge in [-0.25, -0.2) is 0 Å². The molecule has 5 heteroatoms. The van der Waals surface area contributed by atoms with Gasteiger partial charge in [0.2, 0.25) is 5.91 Å². The molecule has 26 heavy (non-hydrogen) atoms. The number of hydrogen-bond donors (Lipinski definition) is 1. The molecule has 0 spiro atoms. The lowest BCUT2D eigenvalue weighted by Gasteiger charge is -2.12. The SMILES string of the molecule is CC(C)n1cc(-c2cncc(-c3ccc4c(c3)CC(=O)N4)c2)ccc1=O. The zero-order chi connectivity index (χ0) is 18.3. The van der Waals surface area contributed by atoms with Crippen LogP contribution in [0, 0.1) is 0 Å². The number of carbonyl (C=O) groups excluding carboxylic acids is 1. The van der Waals surface area contributed by atoms with Gasteiger partial charge in [-0.3, -0.25) is 14.6 Å². The summed E-state index contributed by atoms with van der Waals surface area (Å²) in [7, 11) is 0. The molecule has 5 nitrogen and oxygen atoms in total. The molecule has 2 aromatic heterocycles. The quantitative estimate of drug-likeness (QED) is 0.788. The first-order valence-corrected chi connectivity index (χ1v) is 8.62. The highest BCUT2D eigenvalue weighted by atomic mass is 16.1. The Labute approximate surface area is 151 Å². The Morgan fingerprint density at radius 2 is 1.69 bits per heavy atom. The van der Waals surface area contributed by atoms with E-state index in [1.807, 2.05) is 50.5 Å². The molecular weight excluding hydrogens is 326 g/mol. The van der Waals surface area contributed by atoms with Crippen molar-refractivity contribution in [1.82, 2.24) is 9.55 Å². The van der Waals surface area contributed by atoms with Gasteiger partial charge in [0.25, 0.3) is 5.56 Å². The van der Waals surface area contributed by atoms with E-state index in [1.54, 1.807) is 16.8 Å². The molecule has 0 bridgehead atoms. The van der Waals surface area contributed by atoms with Crippen LogP contribution in [0.2, 0.25) is 0 Å². The first-order valence-electron chi connectivity index (χ1n) is 8.62. The molecule has 1 aromatic carbocycles. The van der Waals surface area contributed by atoms with E-state index in [9.17, 15) is 9.59 Å². The van der Waals surface area contributed by atoms with Crippen molar-refractivity contribution >= 4 is 11.6 Å². The van der Waals surface area contributed by atoms with Crippen LogP contribution in [0.4, 0.5) is 5.69 Å². The minimum atomic E-state index is -0.0105. The normalized spacial score (nSPS) is 13.0. The molecule has 3 heterocycles. The van der Waals surface area contributed by atoms with Crippen LogP contribution in [0.5, 0.6) is 0 Å². The summed E-state index contributed by atoms with van der Waals surface area (Å²) < 4.78 is 1.72. The molecule has 1 aliphatic rings. The predicted molar refractivity (Wildman–Crippen MR) is 102 cm³/mol. The molecule has 0 unspecified atom stereocenters. The zero-order valence-electron chi connectivity index (χ0n) is 14.7. The number of aromatic nitrogens is 2. The Morgan fingerprint density at radius 3 is 2.46 bits per heavy atom. The average molecular weight is 345 g/mol. The monoisotopic (exact) mass is 345 g/mol. The van der Waals surface area contributed by atoms with E-state index < -0.39 is 0 Å². The molecule has 1 amide bonds.